The Hall–Kier alpha value is -3.35. The van der Waals surface area contributed by atoms with Gasteiger partial charge in [-0.05, 0) is 12.1 Å². The fraction of sp³-hybridized carbons (Fsp3) is 0.211. The highest BCUT2D eigenvalue weighted by Crippen LogP contribution is 2.29. The Balaban J connectivity index is 1.37. The summed E-state index contributed by atoms with van der Waals surface area (Å²) in [5.41, 5.74) is 1.56. The van der Waals surface area contributed by atoms with E-state index in [1.54, 1.807) is 24.1 Å². The average Bonchev–Trinajstić information content (AvgIpc) is 3.11. The lowest BCUT2D eigenvalue weighted by Crippen LogP contribution is -2.50. The van der Waals surface area contributed by atoms with Gasteiger partial charge < -0.3 is 19.5 Å². The smallest absolute Gasteiger partial charge is 0.321 e. The lowest BCUT2D eigenvalue weighted by atomic mass is 10.0. The van der Waals surface area contributed by atoms with Crippen molar-refractivity contribution in [1.82, 2.24) is 15.0 Å². The zero-order chi connectivity index (χ0) is 17.9. The molecule has 1 aromatic heterocycles. The second-order valence-electron chi connectivity index (χ2n) is 6.05. The number of benzene rings is 2. The zero-order valence-electron chi connectivity index (χ0n) is 14.3. The summed E-state index contributed by atoms with van der Waals surface area (Å²) in [5.74, 6) is 1.81. The van der Waals surface area contributed by atoms with Crippen LogP contribution in [-0.2, 0) is 0 Å². The fourth-order valence-electron chi connectivity index (χ4n) is 2.85. The standard InChI is InChI=1S/C19H18N4O3/c1-25-16-10-6-5-9-15(16)20-19(24)23-11-14(12-23)18-21-17(22-26-18)13-7-3-2-4-8-13/h2-10,14H,11-12H2,1H3,(H,20,24). The number of para-hydroxylation sites is 2. The largest absolute Gasteiger partial charge is 0.495 e. The molecule has 0 bridgehead atoms. The number of nitrogens with zero attached hydrogens (tertiary/aromatic N) is 3. The van der Waals surface area contributed by atoms with E-state index in [1.807, 2.05) is 42.5 Å². The van der Waals surface area contributed by atoms with Crippen LogP contribution in [0.4, 0.5) is 10.5 Å². The lowest BCUT2D eigenvalue weighted by Gasteiger charge is -2.36. The molecule has 1 N–H and O–H groups in total. The van der Waals surface area contributed by atoms with Gasteiger partial charge in [0.25, 0.3) is 0 Å². The van der Waals surface area contributed by atoms with Crippen molar-refractivity contribution in [2.75, 3.05) is 25.5 Å². The molecule has 0 saturated carbocycles. The molecule has 2 aromatic carbocycles. The molecule has 3 aromatic rings. The summed E-state index contributed by atoms with van der Waals surface area (Å²) < 4.78 is 10.6. The lowest BCUT2D eigenvalue weighted by molar-refractivity contribution is 0.147. The first kappa shape index (κ1) is 16.1. The Morgan fingerprint density at radius 3 is 2.65 bits per heavy atom. The Kier molecular flexibility index (Phi) is 4.27. The van der Waals surface area contributed by atoms with Crippen molar-refractivity contribution in [1.29, 1.82) is 0 Å². The minimum atomic E-state index is -0.173. The number of hydrogen-bond donors (Lipinski definition) is 1. The highest BCUT2D eigenvalue weighted by molar-refractivity contribution is 5.91. The minimum Gasteiger partial charge on any atom is -0.495 e. The first-order chi connectivity index (χ1) is 12.7. The number of urea groups is 1. The summed E-state index contributed by atoms with van der Waals surface area (Å²) in [7, 11) is 1.57. The van der Waals surface area contributed by atoms with Crippen LogP contribution in [0.3, 0.4) is 0 Å². The summed E-state index contributed by atoms with van der Waals surface area (Å²) in [4.78, 5) is 18.5. The summed E-state index contributed by atoms with van der Waals surface area (Å²) in [5, 5.41) is 6.89. The van der Waals surface area contributed by atoms with Gasteiger partial charge in [0, 0.05) is 18.7 Å². The molecule has 7 heteroatoms. The number of anilines is 1. The third-order valence-electron chi connectivity index (χ3n) is 4.34. The van der Waals surface area contributed by atoms with Crippen molar-refractivity contribution < 1.29 is 14.1 Å². The molecule has 1 aliphatic heterocycles. The van der Waals surface area contributed by atoms with Crippen LogP contribution < -0.4 is 10.1 Å². The van der Waals surface area contributed by atoms with Crippen molar-refractivity contribution in [3.8, 4) is 17.1 Å². The van der Waals surface area contributed by atoms with Crippen LogP contribution in [-0.4, -0.2) is 41.3 Å². The molecule has 1 saturated heterocycles. The van der Waals surface area contributed by atoms with E-state index in [1.165, 1.54) is 0 Å². The number of methoxy groups -OCH3 is 1. The quantitative estimate of drug-likeness (QED) is 0.780. The number of aromatic nitrogens is 2. The van der Waals surface area contributed by atoms with Gasteiger partial charge in [0.1, 0.15) is 5.75 Å². The predicted octanol–water partition coefficient (Wildman–Crippen LogP) is 3.38. The molecule has 4 rings (SSSR count). The Bertz CT molecular complexity index is 904. The van der Waals surface area contributed by atoms with E-state index < -0.39 is 0 Å². The Morgan fingerprint density at radius 2 is 1.88 bits per heavy atom. The first-order valence-corrected chi connectivity index (χ1v) is 8.32. The summed E-state index contributed by atoms with van der Waals surface area (Å²) >= 11 is 0. The van der Waals surface area contributed by atoms with Crippen LogP contribution in [0, 0.1) is 0 Å². The van der Waals surface area contributed by atoms with Crippen LogP contribution in [0.15, 0.2) is 59.1 Å². The van der Waals surface area contributed by atoms with Gasteiger partial charge in [-0.3, -0.25) is 0 Å². The average molecular weight is 350 g/mol. The van der Waals surface area contributed by atoms with Crippen molar-refractivity contribution in [2.45, 2.75) is 5.92 Å². The number of ether oxygens (including phenoxy) is 1. The number of likely N-dealkylation sites (tertiary alicyclic amines) is 1. The Morgan fingerprint density at radius 1 is 1.15 bits per heavy atom. The first-order valence-electron chi connectivity index (χ1n) is 8.32. The number of rotatable bonds is 4. The van der Waals surface area contributed by atoms with Crippen LogP contribution in [0.1, 0.15) is 11.8 Å². The van der Waals surface area contributed by atoms with E-state index in [9.17, 15) is 4.79 Å². The number of carbonyl (C=O) groups is 1. The van der Waals surface area contributed by atoms with Crippen molar-refractivity contribution in [3.05, 3.63) is 60.5 Å². The molecule has 1 fully saturated rings. The molecule has 7 nitrogen and oxygen atoms in total. The molecule has 2 heterocycles. The van der Waals surface area contributed by atoms with E-state index in [4.69, 9.17) is 9.26 Å². The second kappa shape index (κ2) is 6.87. The van der Waals surface area contributed by atoms with Gasteiger partial charge in [0.2, 0.25) is 11.7 Å². The zero-order valence-corrected chi connectivity index (χ0v) is 14.3. The monoisotopic (exact) mass is 350 g/mol. The molecule has 2 amide bonds. The normalized spacial score (nSPS) is 14.0. The molecular formula is C19H18N4O3. The minimum absolute atomic E-state index is 0.0587. The van der Waals surface area contributed by atoms with Crippen LogP contribution in [0.25, 0.3) is 11.4 Å². The van der Waals surface area contributed by atoms with Crippen LogP contribution in [0.2, 0.25) is 0 Å². The maximum atomic E-state index is 12.4. The van der Waals surface area contributed by atoms with E-state index in [-0.39, 0.29) is 11.9 Å². The summed E-state index contributed by atoms with van der Waals surface area (Å²) in [6.07, 6.45) is 0. The molecule has 0 aliphatic carbocycles. The third kappa shape index (κ3) is 3.11. The van der Waals surface area contributed by atoms with E-state index >= 15 is 0 Å². The van der Waals surface area contributed by atoms with Crippen LogP contribution in [0.5, 0.6) is 5.75 Å². The van der Waals surface area contributed by atoms with Gasteiger partial charge in [-0.1, -0.05) is 47.6 Å². The fourth-order valence-corrected chi connectivity index (χ4v) is 2.85. The van der Waals surface area contributed by atoms with Gasteiger partial charge in [0.05, 0.1) is 18.7 Å². The van der Waals surface area contributed by atoms with Gasteiger partial charge in [0.15, 0.2) is 0 Å². The molecule has 26 heavy (non-hydrogen) atoms. The highest BCUT2D eigenvalue weighted by atomic mass is 16.5. The molecule has 0 unspecified atom stereocenters. The SMILES string of the molecule is COc1ccccc1NC(=O)N1CC(c2nc(-c3ccccc3)no2)C1. The molecule has 1 aliphatic rings. The summed E-state index contributed by atoms with van der Waals surface area (Å²) in [6, 6.07) is 16.8. The van der Waals surface area contributed by atoms with Crippen molar-refractivity contribution >= 4 is 11.7 Å². The molecule has 0 radical (unpaired) electrons. The van der Waals surface area contributed by atoms with Gasteiger partial charge in [-0.25, -0.2) is 4.79 Å². The topological polar surface area (TPSA) is 80.5 Å². The molecule has 132 valence electrons. The molecular weight excluding hydrogens is 332 g/mol. The maximum Gasteiger partial charge on any atom is 0.321 e. The van der Waals surface area contributed by atoms with E-state index in [0.717, 1.165) is 5.56 Å². The second-order valence-corrected chi connectivity index (χ2v) is 6.05. The number of amides is 2. The van der Waals surface area contributed by atoms with Crippen molar-refractivity contribution in [3.63, 3.8) is 0 Å². The van der Waals surface area contributed by atoms with E-state index in [2.05, 4.69) is 15.5 Å². The van der Waals surface area contributed by atoms with E-state index in [0.29, 0.717) is 36.2 Å². The number of hydrogen-bond acceptors (Lipinski definition) is 5. The van der Waals surface area contributed by atoms with Gasteiger partial charge in [-0.15, -0.1) is 0 Å². The number of nitrogens with one attached hydrogen (secondary N) is 1. The van der Waals surface area contributed by atoms with Gasteiger partial charge in [-0.2, -0.15) is 4.98 Å². The number of carbonyl (C=O) groups excluding carboxylic acids is 1. The predicted molar refractivity (Wildman–Crippen MR) is 96.1 cm³/mol. The highest BCUT2D eigenvalue weighted by Gasteiger charge is 2.36. The summed E-state index contributed by atoms with van der Waals surface area (Å²) in [6.45, 7) is 1.08. The van der Waals surface area contributed by atoms with Crippen molar-refractivity contribution in [2.24, 2.45) is 0 Å². The van der Waals surface area contributed by atoms with Gasteiger partial charge >= 0.3 is 6.03 Å². The Labute approximate surface area is 150 Å². The third-order valence-corrected chi connectivity index (χ3v) is 4.34. The van der Waals surface area contributed by atoms with Crippen LogP contribution >= 0.6 is 0 Å². The maximum absolute atomic E-state index is 12.4. The molecule has 0 atom stereocenters. The molecule has 0 spiro atoms.